The Bertz CT molecular complexity index is 885. The van der Waals surface area contributed by atoms with Gasteiger partial charge in [-0.1, -0.05) is 42.5 Å². The molecule has 1 fully saturated rings. The third kappa shape index (κ3) is 5.81. The van der Waals surface area contributed by atoms with Crippen LogP contribution in [-0.2, 0) is 16.1 Å². The summed E-state index contributed by atoms with van der Waals surface area (Å²) in [6, 6.07) is 15.5. The largest absolute Gasteiger partial charge is 0.489 e. The van der Waals surface area contributed by atoms with Gasteiger partial charge in [-0.3, -0.25) is 15.0 Å². The van der Waals surface area contributed by atoms with E-state index in [0.717, 1.165) is 11.3 Å². The first-order chi connectivity index (χ1) is 14.4. The first-order valence-electron chi connectivity index (χ1n) is 9.89. The molecule has 2 amide bonds. The lowest BCUT2D eigenvalue weighted by atomic mass is 10.1. The Kier molecular flexibility index (Phi) is 7.03. The molecule has 0 spiro atoms. The second-order valence-electron chi connectivity index (χ2n) is 7.31. The van der Waals surface area contributed by atoms with Crippen LogP contribution in [0.1, 0.15) is 24.5 Å². The van der Waals surface area contributed by atoms with E-state index in [-0.39, 0.29) is 23.8 Å². The van der Waals surface area contributed by atoms with E-state index >= 15 is 0 Å². The summed E-state index contributed by atoms with van der Waals surface area (Å²) >= 11 is 0. The molecule has 158 valence electrons. The maximum atomic E-state index is 12.5. The molecule has 0 aromatic heterocycles. The van der Waals surface area contributed by atoms with Crippen molar-refractivity contribution in [2.45, 2.75) is 38.1 Å². The molecule has 0 aliphatic carbocycles. The highest BCUT2D eigenvalue weighted by Crippen LogP contribution is 2.17. The number of hydrogen-bond donors (Lipinski definition) is 5. The molecule has 1 heterocycles. The summed E-state index contributed by atoms with van der Waals surface area (Å²) in [6.45, 7) is 2.55. The van der Waals surface area contributed by atoms with Gasteiger partial charge in [0.15, 0.2) is 0 Å². The van der Waals surface area contributed by atoms with E-state index in [2.05, 4.69) is 16.0 Å². The summed E-state index contributed by atoms with van der Waals surface area (Å²) in [6.07, 6.45) is 0.447. The molecule has 2 aromatic carbocycles. The molecule has 3 atom stereocenters. The van der Waals surface area contributed by atoms with Crippen LogP contribution in [0.3, 0.4) is 0 Å². The third-order valence-corrected chi connectivity index (χ3v) is 4.94. The minimum Gasteiger partial charge on any atom is -0.489 e. The zero-order chi connectivity index (χ0) is 21.5. The lowest BCUT2D eigenvalue weighted by molar-refractivity contribution is -0.129. The first-order valence-corrected chi connectivity index (χ1v) is 9.89. The molecule has 8 nitrogen and oxygen atoms in total. The summed E-state index contributed by atoms with van der Waals surface area (Å²) < 4.78 is 5.88. The highest BCUT2D eigenvalue weighted by atomic mass is 16.5. The van der Waals surface area contributed by atoms with E-state index in [1.165, 1.54) is 0 Å². The van der Waals surface area contributed by atoms with Gasteiger partial charge in [-0.15, -0.1) is 0 Å². The standard InChI is InChI=1S/C22H27N5O3/c1-14(21(28)26-12-15-7-9-16(10-8-15)20(23)24)27-22(29)19-11-18(13-25-19)30-17-5-3-2-4-6-17/h2-10,14,18-19,25H,11-13H2,1H3,(H3,23,24)(H,26,28)(H,27,29)/t14?,18-,19+/m0/s1. The fourth-order valence-electron chi connectivity index (χ4n) is 3.21. The topological polar surface area (TPSA) is 129 Å². The summed E-state index contributed by atoms with van der Waals surface area (Å²) in [4.78, 5) is 24.8. The predicted molar refractivity (Wildman–Crippen MR) is 114 cm³/mol. The van der Waals surface area contributed by atoms with Crippen molar-refractivity contribution in [2.24, 2.45) is 5.73 Å². The van der Waals surface area contributed by atoms with Gasteiger partial charge in [-0.25, -0.2) is 0 Å². The van der Waals surface area contributed by atoms with Gasteiger partial charge in [0.1, 0.15) is 23.7 Å². The van der Waals surface area contributed by atoms with Gasteiger partial charge in [0.05, 0.1) is 6.04 Å². The number of ether oxygens (including phenoxy) is 1. The van der Waals surface area contributed by atoms with Crippen LogP contribution in [-0.4, -0.2) is 42.4 Å². The molecule has 1 unspecified atom stereocenters. The van der Waals surface area contributed by atoms with Crippen LogP contribution in [0.4, 0.5) is 0 Å². The summed E-state index contributed by atoms with van der Waals surface area (Å²) in [7, 11) is 0. The number of carbonyl (C=O) groups excluding carboxylic acids is 2. The Balaban J connectivity index is 1.42. The minimum absolute atomic E-state index is 0.00106. The molecule has 1 aliphatic rings. The number of hydrogen-bond acceptors (Lipinski definition) is 5. The Morgan fingerprint density at radius 1 is 1.20 bits per heavy atom. The lowest BCUT2D eigenvalue weighted by Gasteiger charge is -2.17. The predicted octanol–water partition coefficient (Wildman–Crippen LogP) is 0.901. The fraction of sp³-hybridized carbons (Fsp3) is 0.318. The summed E-state index contributed by atoms with van der Waals surface area (Å²) in [5.74, 6) is 0.282. The van der Waals surface area contributed by atoms with Crippen molar-refractivity contribution < 1.29 is 14.3 Å². The number of para-hydroxylation sites is 1. The van der Waals surface area contributed by atoms with E-state index in [9.17, 15) is 9.59 Å². The maximum absolute atomic E-state index is 12.5. The smallest absolute Gasteiger partial charge is 0.242 e. The molecule has 6 N–H and O–H groups in total. The van der Waals surface area contributed by atoms with E-state index < -0.39 is 12.1 Å². The Morgan fingerprint density at radius 2 is 1.90 bits per heavy atom. The van der Waals surface area contributed by atoms with Crippen LogP contribution in [0.2, 0.25) is 0 Å². The zero-order valence-corrected chi connectivity index (χ0v) is 16.9. The average molecular weight is 409 g/mol. The van der Waals surface area contributed by atoms with Crippen LogP contribution in [0.25, 0.3) is 0 Å². The lowest BCUT2D eigenvalue weighted by Crippen LogP contribution is -2.49. The Hall–Kier alpha value is -3.39. The molecule has 2 aromatic rings. The van der Waals surface area contributed by atoms with Gasteiger partial charge >= 0.3 is 0 Å². The number of amides is 2. The van der Waals surface area contributed by atoms with E-state index in [0.29, 0.717) is 25.1 Å². The van der Waals surface area contributed by atoms with Crippen molar-refractivity contribution in [2.75, 3.05) is 6.54 Å². The second-order valence-corrected chi connectivity index (χ2v) is 7.31. The quantitative estimate of drug-likeness (QED) is 0.327. The molecule has 1 aliphatic heterocycles. The highest BCUT2D eigenvalue weighted by molar-refractivity contribution is 5.95. The Labute approximate surface area is 175 Å². The van der Waals surface area contributed by atoms with Crippen LogP contribution in [0, 0.1) is 5.41 Å². The van der Waals surface area contributed by atoms with Crippen LogP contribution in [0.15, 0.2) is 54.6 Å². The fourth-order valence-corrected chi connectivity index (χ4v) is 3.21. The first kappa shape index (κ1) is 21.3. The normalized spacial score (nSPS) is 19.0. The molecule has 3 rings (SSSR count). The van der Waals surface area contributed by atoms with Gasteiger partial charge in [-0.2, -0.15) is 0 Å². The van der Waals surface area contributed by atoms with Crippen LogP contribution >= 0.6 is 0 Å². The molecule has 30 heavy (non-hydrogen) atoms. The van der Waals surface area contributed by atoms with E-state index in [1.807, 2.05) is 30.3 Å². The van der Waals surface area contributed by atoms with Crippen molar-refractivity contribution in [1.29, 1.82) is 5.41 Å². The van der Waals surface area contributed by atoms with Gasteiger partial charge in [0.25, 0.3) is 0 Å². The number of benzene rings is 2. The van der Waals surface area contributed by atoms with Crippen LogP contribution < -0.4 is 26.4 Å². The van der Waals surface area contributed by atoms with Crippen molar-refractivity contribution in [3.63, 3.8) is 0 Å². The van der Waals surface area contributed by atoms with Gasteiger partial charge in [-0.05, 0) is 24.6 Å². The van der Waals surface area contributed by atoms with Gasteiger partial charge < -0.3 is 26.4 Å². The monoisotopic (exact) mass is 409 g/mol. The molecular weight excluding hydrogens is 382 g/mol. The van der Waals surface area contributed by atoms with E-state index in [4.69, 9.17) is 15.9 Å². The third-order valence-electron chi connectivity index (χ3n) is 4.94. The molecule has 1 saturated heterocycles. The Morgan fingerprint density at radius 3 is 2.57 bits per heavy atom. The molecule has 0 radical (unpaired) electrons. The number of rotatable bonds is 8. The second kappa shape index (κ2) is 9.89. The van der Waals surface area contributed by atoms with Gasteiger partial charge in [0.2, 0.25) is 11.8 Å². The number of nitrogens with one attached hydrogen (secondary N) is 4. The molecule has 0 saturated carbocycles. The number of nitrogen functional groups attached to an aromatic ring is 1. The number of nitrogens with two attached hydrogens (primary N) is 1. The molecule has 8 heteroatoms. The van der Waals surface area contributed by atoms with Crippen molar-refractivity contribution in [3.05, 3.63) is 65.7 Å². The number of carbonyl (C=O) groups is 2. The zero-order valence-electron chi connectivity index (χ0n) is 16.9. The summed E-state index contributed by atoms with van der Waals surface area (Å²) in [5, 5.41) is 16.1. The molecule has 0 bridgehead atoms. The van der Waals surface area contributed by atoms with Crippen molar-refractivity contribution in [1.82, 2.24) is 16.0 Å². The summed E-state index contributed by atoms with van der Waals surface area (Å²) in [5.41, 5.74) is 6.94. The SMILES string of the molecule is CC(NC(=O)[C@H]1C[C@H](Oc2ccccc2)CN1)C(=O)NCc1ccc(C(=N)N)cc1. The minimum atomic E-state index is -0.662. The van der Waals surface area contributed by atoms with Gasteiger partial charge in [0, 0.05) is 25.1 Å². The van der Waals surface area contributed by atoms with Crippen molar-refractivity contribution >= 4 is 17.6 Å². The van der Waals surface area contributed by atoms with Crippen molar-refractivity contribution in [3.8, 4) is 5.75 Å². The maximum Gasteiger partial charge on any atom is 0.242 e. The van der Waals surface area contributed by atoms with E-state index in [1.54, 1.807) is 31.2 Å². The average Bonchev–Trinajstić information content (AvgIpc) is 3.21. The van der Waals surface area contributed by atoms with Crippen LogP contribution in [0.5, 0.6) is 5.75 Å². The highest BCUT2D eigenvalue weighted by Gasteiger charge is 2.32. The molecular formula is C22H27N5O3. The number of amidine groups is 1.